The quantitative estimate of drug-likeness (QED) is 0.405. The number of hydrogen-bond donors (Lipinski definition) is 0. The average Bonchev–Trinajstić information content (AvgIpc) is 3.34. The number of carbonyl (C=O) groups is 1. The Morgan fingerprint density at radius 3 is 2.59 bits per heavy atom. The maximum Gasteiger partial charge on any atom is 0.189 e. The Bertz CT molecular complexity index is 1090. The average molecular weight is 355 g/mol. The maximum absolute atomic E-state index is 12.4. The number of pyridine rings is 1. The summed E-state index contributed by atoms with van der Waals surface area (Å²) in [6.07, 6.45) is 12.0. The zero-order valence-electron chi connectivity index (χ0n) is 14.7. The standard InChI is InChI=1S/C21H17N5O/c1-25-14-18(13-23-25)20(27)10-9-17-15-26(19-7-3-2-4-8-19)24-21(17)16-6-5-11-22-12-16/h2-15H,1H3. The van der Waals surface area contributed by atoms with Crippen LogP contribution in [0.2, 0.25) is 0 Å². The van der Waals surface area contributed by atoms with Crippen molar-refractivity contribution in [2.45, 2.75) is 0 Å². The summed E-state index contributed by atoms with van der Waals surface area (Å²) in [4.78, 5) is 16.6. The minimum Gasteiger partial charge on any atom is -0.289 e. The number of aromatic nitrogens is 5. The molecule has 4 rings (SSSR count). The normalized spacial score (nSPS) is 11.1. The van der Waals surface area contributed by atoms with E-state index in [4.69, 9.17) is 5.10 Å². The van der Waals surface area contributed by atoms with E-state index >= 15 is 0 Å². The summed E-state index contributed by atoms with van der Waals surface area (Å²) in [6.45, 7) is 0. The van der Waals surface area contributed by atoms with Crippen molar-refractivity contribution < 1.29 is 4.79 Å². The Balaban J connectivity index is 1.73. The number of benzene rings is 1. The van der Waals surface area contributed by atoms with Gasteiger partial charge in [0.25, 0.3) is 0 Å². The molecule has 27 heavy (non-hydrogen) atoms. The first-order valence-corrected chi connectivity index (χ1v) is 8.47. The lowest BCUT2D eigenvalue weighted by atomic mass is 10.1. The molecule has 6 heteroatoms. The number of nitrogens with zero attached hydrogens (tertiary/aromatic N) is 5. The van der Waals surface area contributed by atoms with Gasteiger partial charge in [0.1, 0.15) is 5.69 Å². The molecule has 4 aromatic rings. The third-order valence-electron chi connectivity index (χ3n) is 4.10. The first kappa shape index (κ1) is 16.7. The monoisotopic (exact) mass is 355 g/mol. The predicted molar refractivity (Wildman–Crippen MR) is 103 cm³/mol. The molecule has 132 valence electrons. The van der Waals surface area contributed by atoms with Gasteiger partial charge < -0.3 is 0 Å². The molecule has 0 spiro atoms. The highest BCUT2D eigenvalue weighted by Crippen LogP contribution is 2.24. The molecule has 0 saturated carbocycles. The van der Waals surface area contributed by atoms with Crippen molar-refractivity contribution in [1.29, 1.82) is 0 Å². The summed E-state index contributed by atoms with van der Waals surface area (Å²) < 4.78 is 3.41. The summed E-state index contributed by atoms with van der Waals surface area (Å²) in [5.74, 6) is -0.104. The van der Waals surface area contributed by atoms with Crippen LogP contribution in [0.5, 0.6) is 0 Å². The largest absolute Gasteiger partial charge is 0.289 e. The molecule has 0 atom stereocenters. The van der Waals surface area contributed by atoms with E-state index in [0.29, 0.717) is 5.56 Å². The SMILES string of the molecule is Cn1cc(C(=O)C=Cc2cn(-c3ccccc3)nc2-c2cccnc2)cn1. The molecule has 6 nitrogen and oxygen atoms in total. The van der Waals surface area contributed by atoms with Crippen molar-refractivity contribution in [3.05, 3.63) is 90.7 Å². The van der Waals surface area contributed by atoms with E-state index in [9.17, 15) is 4.79 Å². The van der Waals surface area contributed by atoms with Crippen LogP contribution in [-0.4, -0.2) is 30.3 Å². The van der Waals surface area contributed by atoms with Gasteiger partial charge in [-0.15, -0.1) is 0 Å². The van der Waals surface area contributed by atoms with Crippen LogP contribution in [0, 0.1) is 0 Å². The first-order valence-electron chi connectivity index (χ1n) is 8.47. The molecule has 0 amide bonds. The lowest BCUT2D eigenvalue weighted by Crippen LogP contribution is -1.94. The van der Waals surface area contributed by atoms with Gasteiger partial charge in [-0.25, -0.2) is 4.68 Å². The molecule has 0 aliphatic heterocycles. The van der Waals surface area contributed by atoms with Gasteiger partial charge in [0, 0.05) is 43.0 Å². The Hall–Kier alpha value is -3.80. The van der Waals surface area contributed by atoms with Crippen molar-refractivity contribution in [3.8, 4) is 16.9 Å². The van der Waals surface area contributed by atoms with E-state index in [1.54, 1.807) is 53.4 Å². The number of hydrogen-bond acceptors (Lipinski definition) is 4. The van der Waals surface area contributed by atoms with Crippen LogP contribution in [0.4, 0.5) is 0 Å². The Morgan fingerprint density at radius 2 is 1.89 bits per heavy atom. The number of aryl methyl sites for hydroxylation is 1. The highest BCUT2D eigenvalue weighted by molar-refractivity contribution is 6.06. The number of carbonyl (C=O) groups excluding carboxylic acids is 1. The van der Waals surface area contributed by atoms with Gasteiger partial charge >= 0.3 is 0 Å². The van der Waals surface area contributed by atoms with Crippen molar-refractivity contribution in [1.82, 2.24) is 24.5 Å². The van der Waals surface area contributed by atoms with Crippen LogP contribution >= 0.6 is 0 Å². The molecule has 0 unspecified atom stereocenters. The van der Waals surface area contributed by atoms with Crippen LogP contribution in [-0.2, 0) is 7.05 Å². The van der Waals surface area contributed by atoms with Crippen LogP contribution in [0.15, 0.2) is 79.5 Å². The lowest BCUT2D eigenvalue weighted by Gasteiger charge is -1.99. The van der Waals surface area contributed by atoms with Crippen molar-refractivity contribution in [2.75, 3.05) is 0 Å². The summed E-state index contributed by atoms with van der Waals surface area (Å²) in [7, 11) is 1.78. The molecular formula is C21H17N5O. The van der Waals surface area contributed by atoms with E-state index in [2.05, 4.69) is 10.1 Å². The van der Waals surface area contributed by atoms with Crippen molar-refractivity contribution in [2.24, 2.45) is 7.05 Å². The molecular weight excluding hydrogens is 338 g/mol. The molecule has 3 aromatic heterocycles. The first-order chi connectivity index (χ1) is 13.2. The number of rotatable bonds is 5. The van der Waals surface area contributed by atoms with E-state index in [1.807, 2.05) is 48.7 Å². The third kappa shape index (κ3) is 3.59. The van der Waals surface area contributed by atoms with Gasteiger partial charge in [-0.3, -0.25) is 14.5 Å². The fourth-order valence-electron chi connectivity index (χ4n) is 2.76. The number of ketones is 1. The van der Waals surface area contributed by atoms with E-state index in [0.717, 1.165) is 22.5 Å². The van der Waals surface area contributed by atoms with Crippen LogP contribution in [0.25, 0.3) is 23.0 Å². The molecule has 1 aromatic carbocycles. The second-order valence-corrected chi connectivity index (χ2v) is 6.06. The van der Waals surface area contributed by atoms with Crippen molar-refractivity contribution >= 4 is 11.9 Å². The Labute approximate surface area is 156 Å². The molecule has 0 bridgehead atoms. The highest BCUT2D eigenvalue weighted by atomic mass is 16.1. The minimum absolute atomic E-state index is 0.104. The molecule has 0 N–H and O–H groups in total. The molecule has 3 heterocycles. The maximum atomic E-state index is 12.4. The summed E-state index contributed by atoms with van der Waals surface area (Å²) >= 11 is 0. The van der Waals surface area contributed by atoms with Gasteiger partial charge in [-0.05, 0) is 36.4 Å². The van der Waals surface area contributed by atoms with Gasteiger partial charge in [-0.2, -0.15) is 10.2 Å². The van der Waals surface area contributed by atoms with Gasteiger partial charge in [0.05, 0.1) is 17.4 Å². The topological polar surface area (TPSA) is 65.6 Å². The summed E-state index contributed by atoms with van der Waals surface area (Å²) in [5.41, 5.74) is 3.99. The zero-order valence-corrected chi connectivity index (χ0v) is 14.7. The number of allylic oxidation sites excluding steroid dienone is 1. The van der Waals surface area contributed by atoms with Crippen LogP contribution in [0.3, 0.4) is 0 Å². The second kappa shape index (κ2) is 7.21. The molecule has 0 aliphatic carbocycles. The summed E-state index contributed by atoms with van der Waals surface area (Å²) in [5, 5.41) is 8.74. The van der Waals surface area contributed by atoms with E-state index in [1.165, 1.54) is 0 Å². The molecule has 0 fully saturated rings. The molecule has 0 radical (unpaired) electrons. The fraction of sp³-hybridized carbons (Fsp3) is 0.0476. The summed E-state index contributed by atoms with van der Waals surface area (Å²) in [6, 6.07) is 13.7. The van der Waals surface area contributed by atoms with Gasteiger partial charge in [0.15, 0.2) is 5.78 Å². The van der Waals surface area contributed by atoms with Gasteiger partial charge in [0.2, 0.25) is 0 Å². The van der Waals surface area contributed by atoms with Crippen LogP contribution in [0.1, 0.15) is 15.9 Å². The molecule has 0 saturated heterocycles. The minimum atomic E-state index is -0.104. The Kier molecular flexibility index (Phi) is 4.45. The predicted octanol–water partition coefficient (Wildman–Crippen LogP) is 3.56. The van der Waals surface area contributed by atoms with E-state index < -0.39 is 0 Å². The highest BCUT2D eigenvalue weighted by Gasteiger charge is 2.11. The lowest BCUT2D eigenvalue weighted by molar-refractivity contribution is 0.104. The fourth-order valence-corrected chi connectivity index (χ4v) is 2.76. The smallest absolute Gasteiger partial charge is 0.189 e. The zero-order chi connectivity index (χ0) is 18.6. The van der Waals surface area contributed by atoms with Crippen LogP contribution < -0.4 is 0 Å². The van der Waals surface area contributed by atoms with Gasteiger partial charge in [-0.1, -0.05) is 18.2 Å². The van der Waals surface area contributed by atoms with E-state index in [-0.39, 0.29) is 5.78 Å². The second-order valence-electron chi connectivity index (χ2n) is 6.06. The number of para-hydroxylation sites is 1. The Morgan fingerprint density at radius 1 is 1.04 bits per heavy atom. The third-order valence-corrected chi connectivity index (χ3v) is 4.10. The van der Waals surface area contributed by atoms with Crippen molar-refractivity contribution in [3.63, 3.8) is 0 Å². The molecule has 0 aliphatic rings.